The highest BCUT2D eigenvalue weighted by Crippen LogP contribution is 2.34. The Kier molecular flexibility index (Phi) is 5.97. The monoisotopic (exact) mass is 252 g/mol. The molecular formula is C16H32N2. The van der Waals surface area contributed by atoms with Gasteiger partial charge in [-0.15, -0.1) is 0 Å². The fraction of sp³-hybridized carbons (Fsp3) is 1.00. The van der Waals surface area contributed by atoms with E-state index in [0.29, 0.717) is 5.41 Å². The van der Waals surface area contributed by atoms with Crippen molar-refractivity contribution in [2.75, 3.05) is 32.7 Å². The highest BCUT2D eigenvalue weighted by Gasteiger charge is 2.25. The fourth-order valence-corrected chi connectivity index (χ4v) is 3.58. The predicted octanol–water partition coefficient (Wildman–Crippen LogP) is 3.42. The van der Waals surface area contributed by atoms with Crippen LogP contribution in [0, 0.1) is 5.41 Å². The van der Waals surface area contributed by atoms with Gasteiger partial charge in [-0.2, -0.15) is 0 Å². The Bertz CT molecular complexity index is 215. The van der Waals surface area contributed by atoms with Crippen LogP contribution >= 0.6 is 0 Å². The van der Waals surface area contributed by atoms with Gasteiger partial charge in [-0.25, -0.2) is 0 Å². The molecule has 0 aromatic heterocycles. The first-order valence-electron chi connectivity index (χ1n) is 8.22. The molecule has 0 unspecified atom stereocenters. The molecule has 1 aliphatic carbocycles. The highest BCUT2D eigenvalue weighted by atomic mass is 15.1. The van der Waals surface area contributed by atoms with Gasteiger partial charge in [0.2, 0.25) is 0 Å². The average molecular weight is 252 g/mol. The molecule has 2 heteroatoms. The molecule has 1 saturated carbocycles. The average Bonchev–Trinajstić information content (AvgIpc) is 2.40. The van der Waals surface area contributed by atoms with E-state index in [1.165, 1.54) is 90.5 Å². The second-order valence-electron chi connectivity index (χ2n) is 6.80. The minimum absolute atomic E-state index is 0.601. The third-order valence-electron chi connectivity index (χ3n) is 4.89. The molecule has 2 nitrogen and oxygen atoms in total. The zero-order chi connectivity index (χ0) is 12.7. The van der Waals surface area contributed by atoms with Crippen LogP contribution in [0.5, 0.6) is 0 Å². The lowest BCUT2D eigenvalue weighted by Crippen LogP contribution is -2.36. The quantitative estimate of drug-likeness (QED) is 0.729. The molecule has 1 heterocycles. The second kappa shape index (κ2) is 7.49. The van der Waals surface area contributed by atoms with Gasteiger partial charge < -0.3 is 10.2 Å². The van der Waals surface area contributed by atoms with Crippen LogP contribution in [-0.4, -0.2) is 37.6 Å². The van der Waals surface area contributed by atoms with Gasteiger partial charge in [0.05, 0.1) is 0 Å². The Hall–Kier alpha value is -0.0800. The summed E-state index contributed by atoms with van der Waals surface area (Å²) >= 11 is 0. The Morgan fingerprint density at radius 3 is 2.33 bits per heavy atom. The van der Waals surface area contributed by atoms with Gasteiger partial charge >= 0.3 is 0 Å². The van der Waals surface area contributed by atoms with Crippen LogP contribution in [0.15, 0.2) is 0 Å². The molecule has 0 aromatic carbocycles. The summed E-state index contributed by atoms with van der Waals surface area (Å²) in [5.74, 6) is 0. The van der Waals surface area contributed by atoms with Crippen molar-refractivity contribution in [3.63, 3.8) is 0 Å². The Morgan fingerprint density at radius 2 is 1.61 bits per heavy atom. The van der Waals surface area contributed by atoms with Crippen molar-refractivity contribution >= 4 is 0 Å². The molecule has 0 spiro atoms. The highest BCUT2D eigenvalue weighted by molar-refractivity contribution is 4.80. The van der Waals surface area contributed by atoms with E-state index in [4.69, 9.17) is 0 Å². The van der Waals surface area contributed by atoms with Crippen molar-refractivity contribution in [1.82, 2.24) is 10.2 Å². The van der Waals surface area contributed by atoms with Crippen LogP contribution < -0.4 is 5.32 Å². The van der Waals surface area contributed by atoms with Crippen molar-refractivity contribution < 1.29 is 0 Å². The lowest BCUT2D eigenvalue weighted by Gasteiger charge is -2.34. The molecule has 106 valence electrons. The van der Waals surface area contributed by atoms with Crippen molar-refractivity contribution in [3.8, 4) is 0 Å². The molecule has 0 amide bonds. The van der Waals surface area contributed by atoms with Crippen LogP contribution in [0.25, 0.3) is 0 Å². The third-order valence-corrected chi connectivity index (χ3v) is 4.89. The van der Waals surface area contributed by atoms with Crippen LogP contribution in [0.4, 0.5) is 0 Å². The summed E-state index contributed by atoms with van der Waals surface area (Å²) in [5, 5.41) is 3.71. The second-order valence-corrected chi connectivity index (χ2v) is 6.80. The first-order chi connectivity index (χ1) is 8.79. The number of rotatable bonds is 6. The number of likely N-dealkylation sites (tertiary alicyclic amines) is 1. The van der Waals surface area contributed by atoms with E-state index in [1.807, 2.05) is 0 Å². The minimum atomic E-state index is 0.601. The molecule has 0 radical (unpaired) electrons. The van der Waals surface area contributed by atoms with E-state index in [2.05, 4.69) is 17.1 Å². The van der Waals surface area contributed by atoms with Gasteiger partial charge in [0, 0.05) is 6.54 Å². The number of nitrogens with one attached hydrogen (secondary N) is 1. The van der Waals surface area contributed by atoms with E-state index in [0.717, 1.165) is 0 Å². The van der Waals surface area contributed by atoms with Crippen molar-refractivity contribution in [3.05, 3.63) is 0 Å². The fourth-order valence-electron chi connectivity index (χ4n) is 3.58. The van der Waals surface area contributed by atoms with E-state index in [9.17, 15) is 0 Å². The van der Waals surface area contributed by atoms with Gasteiger partial charge in [0.25, 0.3) is 0 Å². The largest absolute Gasteiger partial charge is 0.316 e. The zero-order valence-electron chi connectivity index (χ0n) is 12.3. The van der Waals surface area contributed by atoms with Crippen LogP contribution in [0.1, 0.15) is 64.7 Å². The van der Waals surface area contributed by atoms with Crippen LogP contribution in [0.2, 0.25) is 0 Å². The molecule has 0 atom stereocenters. The van der Waals surface area contributed by atoms with Gasteiger partial charge in [-0.1, -0.05) is 32.6 Å². The molecule has 1 N–H and O–H groups in total. The van der Waals surface area contributed by atoms with Crippen molar-refractivity contribution in [2.45, 2.75) is 64.7 Å². The number of piperidine rings is 1. The summed E-state index contributed by atoms with van der Waals surface area (Å²) in [7, 11) is 0. The molecule has 2 fully saturated rings. The topological polar surface area (TPSA) is 15.3 Å². The normalized spacial score (nSPS) is 25.2. The maximum Gasteiger partial charge on any atom is 0.000517 e. The summed E-state index contributed by atoms with van der Waals surface area (Å²) in [4.78, 5) is 2.65. The van der Waals surface area contributed by atoms with E-state index >= 15 is 0 Å². The maximum atomic E-state index is 3.71. The minimum Gasteiger partial charge on any atom is -0.316 e. The maximum absolute atomic E-state index is 3.71. The molecule has 0 bridgehead atoms. The summed E-state index contributed by atoms with van der Waals surface area (Å²) in [6.07, 6.45) is 12.9. The third kappa shape index (κ3) is 4.89. The van der Waals surface area contributed by atoms with Crippen LogP contribution in [0.3, 0.4) is 0 Å². The smallest absolute Gasteiger partial charge is 0.000517 e. The van der Waals surface area contributed by atoms with Gasteiger partial charge in [-0.05, 0) is 63.7 Å². The Morgan fingerprint density at radius 1 is 0.944 bits per heavy atom. The predicted molar refractivity (Wildman–Crippen MR) is 79.0 cm³/mol. The van der Waals surface area contributed by atoms with Crippen LogP contribution in [-0.2, 0) is 0 Å². The van der Waals surface area contributed by atoms with Gasteiger partial charge in [0.15, 0.2) is 0 Å². The number of hydrogen-bond donors (Lipinski definition) is 1. The molecule has 1 aliphatic heterocycles. The summed E-state index contributed by atoms with van der Waals surface area (Å²) in [5.41, 5.74) is 0.601. The molecule has 2 aliphatic rings. The number of nitrogens with zero attached hydrogens (tertiary/aromatic N) is 1. The SMILES string of the molecule is CC1(CNCCCN2CCCCC2)CCCCC1. The summed E-state index contributed by atoms with van der Waals surface area (Å²) in [6, 6.07) is 0. The molecule has 0 aromatic rings. The summed E-state index contributed by atoms with van der Waals surface area (Å²) in [6.45, 7) is 8.93. The number of hydrogen-bond acceptors (Lipinski definition) is 2. The molecule has 1 saturated heterocycles. The van der Waals surface area contributed by atoms with E-state index < -0.39 is 0 Å². The van der Waals surface area contributed by atoms with Gasteiger partial charge in [-0.3, -0.25) is 0 Å². The first-order valence-corrected chi connectivity index (χ1v) is 8.22. The molecule has 18 heavy (non-hydrogen) atoms. The Balaban J connectivity index is 1.50. The van der Waals surface area contributed by atoms with Crippen molar-refractivity contribution in [1.29, 1.82) is 0 Å². The van der Waals surface area contributed by atoms with Crippen molar-refractivity contribution in [2.24, 2.45) is 5.41 Å². The van der Waals surface area contributed by atoms with E-state index in [-0.39, 0.29) is 0 Å². The lowest BCUT2D eigenvalue weighted by molar-refractivity contribution is 0.201. The van der Waals surface area contributed by atoms with E-state index in [1.54, 1.807) is 0 Å². The zero-order valence-corrected chi connectivity index (χ0v) is 12.3. The standard InChI is InChI=1S/C16H32N2/c1-16(9-4-2-5-10-16)15-17-11-8-14-18-12-6-3-7-13-18/h17H,2-15H2,1H3. The Labute approximate surface area is 114 Å². The summed E-state index contributed by atoms with van der Waals surface area (Å²) < 4.78 is 0. The van der Waals surface area contributed by atoms with Gasteiger partial charge in [0.1, 0.15) is 0 Å². The molecular weight excluding hydrogens is 220 g/mol. The molecule has 2 rings (SSSR count). The lowest BCUT2D eigenvalue weighted by atomic mass is 9.76. The first kappa shape index (κ1) is 14.3.